The van der Waals surface area contributed by atoms with Crippen molar-refractivity contribution in [2.45, 2.75) is 30.2 Å². The van der Waals surface area contributed by atoms with E-state index < -0.39 is 32.6 Å². The third-order valence-electron chi connectivity index (χ3n) is 3.82. The van der Waals surface area contributed by atoms with E-state index in [1.54, 1.807) is 17.9 Å². The molecule has 0 radical (unpaired) electrons. The van der Waals surface area contributed by atoms with Crippen LogP contribution in [0, 0.1) is 11.6 Å². The van der Waals surface area contributed by atoms with Crippen LogP contribution in [0.5, 0.6) is 0 Å². The van der Waals surface area contributed by atoms with Gasteiger partial charge in [-0.2, -0.15) is 5.10 Å². The molecule has 0 aliphatic heterocycles. The molecule has 1 heterocycles. The van der Waals surface area contributed by atoms with Gasteiger partial charge in [-0.25, -0.2) is 21.9 Å². The van der Waals surface area contributed by atoms with E-state index in [1.165, 1.54) is 0 Å². The molecule has 1 unspecified atom stereocenters. The first-order valence-electron chi connectivity index (χ1n) is 6.86. The molecule has 22 heavy (non-hydrogen) atoms. The number of fused-ring (bicyclic) bond motifs is 1. The Morgan fingerprint density at radius 3 is 2.64 bits per heavy atom. The molecule has 0 saturated heterocycles. The molecule has 1 N–H and O–H groups in total. The van der Waals surface area contributed by atoms with Gasteiger partial charge in [-0.15, -0.1) is 0 Å². The van der Waals surface area contributed by atoms with Crippen molar-refractivity contribution in [1.29, 1.82) is 0 Å². The van der Waals surface area contributed by atoms with Gasteiger partial charge >= 0.3 is 0 Å². The van der Waals surface area contributed by atoms with E-state index in [2.05, 4.69) is 9.82 Å². The lowest BCUT2D eigenvalue weighted by molar-refractivity contribution is 0.496. The normalized spacial score (nSPS) is 18.2. The molecule has 3 rings (SSSR count). The van der Waals surface area contributed by atoms with Gasteiger partial charge in [0.1, 0.15) is 11.6 Å². The Balaban J connectivity index is 1.92. The van der Waals surface area contributed by atoms with Crippen LogP contribution in [-0.2, 0) is 23.5 Å². The highest BCUT2D eigenvalue weighted by molar-refractivity contribution is 7.89. The van der Waals surface area contributed by atoms with Gasteiger partial charge in [0, 0.05) is 24.4 Å². The SMILES string of the molecule is Cn1ncc2c1CCCC2NS(=O)(=O)c1cc(F)cc(F)c1. The summed E-state index contributed by atoms with van der Waals surface area (Å²) in [6.45, 7) is 0. The molecule has 8 heteroatoms. The minimum Gasteiger partial charge on any atom is -0.272 e. The second-order valence-corrected chi connectivity index (χ2v) is 7.06. The van der Waals surface area contributed by atoms with Crippen molar-refractivity contribution in [3.8, 4) is 0 Å². The lowest BCUT2D eigenvalue weighted by Crippen LogP contribution is -2.31. The molecule has 5 nitrogen and oxygen atoms in total. The Labute approximate surface area is 127 Å². The first kappa shape index (κ1) is 15.1. The summed E-state index contributed by atoms with van der Waals surface area (Å²) in [5.41, 5.74) is 1.79. The molecule has 1 aliphatic carbocycles. The van der Waals surface area contributed by atoms with Crippen LogP contribution in [0.2, 0.25) is 0 Å². The number of rotatable bonds is 3. The zero-order valence-corrected chi connectivity index (χ0v) is 12.7. The fourth-order valence-electron chi connectivity index (χ4n) is 2.77. The summed E-state index contributed by atoms with van der Waals surface area (Å²) < 4.78 is 55.4. The maximum atomic E-state index is 13.2. The second kappa shape index (κ2) is 5.44. The lowest BCUT2D eigenvalue weighted by atomic mass is 9.94. The highest BCUT2D eigenvalue weighted by Crippen LogP contribution is 2.30. The molecule has 1 aliphatic rings. The van der Waals surface area contributed by atoms with Crippen molar-refractivity contribution in [3.63, 3.8) is 0 Å². The summed E-state index contributed by atoms with van der Waals surface area (Å²) in [4.78, 5) is -0.416. The van der Waals surface area contributed by atoms with Crippen molar-refractivity contribution in [2.75, 3.05) is 0 Å². The van der Waals surface area contributed by atoms with E-state index in [-0.39, 0.29) is 0 Å². The van der Waals surface area contributed by atoms with Crippen LogP contribution in [0.1, 0.15) is 30.1 Å². The van der Waals surface area contributed by atoms with E-state index in [1.807, 2.05) is 0 Å². The molecule has 1 aromatic carbocycles. The number of nitrogens with zero attached hydrogens (tertiary/aromatic N) is 2. The summed E-state index contributed by atoms with van der Waals surface area (Å²) in [5, 5.41) is 4.14. The molecule has 0 fully saturated rings. The molecule has 1 aromatic heterocycles. The van der Waals surface area contributed by atoms with E-state index in [0.29, 0.717) is 12.5 Å². The van der Waals surface area contributed by atoms with Crippen LogP contribution in [0.3, 0.4) is 0 Å². The van der Waals surface area contributed by atoms with Crippen LogP contribution in [-0.4, -0.2) is 18.2 Å². The van der Waals surface area contributed by atoms with Gasteiger partial charge in [0.2, 0.25) is 10.0 Å². The van der Waals surface area contributed by atoms with Crippen LogP contribution < -0.4 is 4.72 Å². The molecule has 118 valence electrons. The summed E-state index contributed by atoms with van der Waals surface area (Å²) in [6.07, 6.45) is 3.90. The van der Waals surface area contributed by atoms with Gasteiger partial charge in [0.25, 0.3) is 0 Å². The number of sulfonamides is 1. The van der Waals surface area contributed by atoms with Crippen LogP contribution in [0.15, 0.2) is 29.3 Å². The molecule has 2 aromatic rings. The fourth-order valence-corrected chi connectivity index (χ4v) is 4.06. The Morgan fingerprint density at radius 2 is 1.95 bits per heavy atom. The number of hydrogen-bond acceptors (Lipinski definition) is 3. The molecule has 0 amide bonds. The van der Waals surface area contributed by atoms with Crippen molar-refractivity contribution in [2.24, 2.45) is 7.05 Å². The molecular formula is C14H15F2N3O2S. The molecule has 0 bridgehead atoms. The Morgan fingerprint density at radius 1 is 1.27 bits per heavy atom. The van der Waals surface area contributed by atoms with Gasteiger partial charge in [-0.3, -0.25) is 4.68 Å². The zero-order valence-electron chi connectivity index (χ0n) is 11.9. The van der Waals surface area contributed by atoms with Crippen LogP contribution in [0.4, 0.5) is 8.78 Å². The minimum atomic E-state index is -4.01. The average Bonchev–Trinajstić information content (AvgIpc) is 2.80. The third kappa shape index (κ3) is 2.76. The zero-order chi connectivity index (χ0) is 15.9. The van der Waals surface area contributed by atoms with Gasteiger partial charge in [-0.1, -0.05) is 0 Å². The van der Waals surface area contributed by atoms with Crippen molar-refractivity contribution in [1.82, 2.24) is 14.5 Å². The predicted molar refractivity (Wildman–Crippen MR) is 75.6 cm³/mol. The van der Waals surface area contributed by atoms with E-state index in [4.69, 9.17) is 0 Å². The minimum absolute atomic E-state index is 0.416. The largest absolute Gasteiger partial charge is 0.272 e. The van der Waals surface area contributed by atoms with Crippen LogP contribution >= 0.6 is 0 Å². The van der Waals surface area contributed by atoms with Crippen molar-refractivity contribution in [3.05, 3.63) is 47.3 Å². The van der Waals surface area contributed by atoms with Gasteiger partial charge in [-0.05, 0) is 31.4 Å². The first-order valence-corrected chi connectivity index (χ1v) is 8.34. The third-order valence-corrected chi connectivity index (χ3v) is 5.27. The van der Waals surface area contributed by atoms with E-state index >= 15 is 0 Å². The van der Waals surface area contributed by atoms with Crippen molar-refractivity contribution < 1.29 is 17.2 Å². The topological polar surface area (TPSA) is 64.0 Å². The molecule has 0 spiro atoms. The fraction of sp³-hybridized carbons (Fsp3) is 0.357. The number of aryl methyl sites for hydroxylation is 1. The molecular weight excluding hydrogens is 312 g/mol. The van der Waals surface area contributed by atoms with Gasteiger partial charge in [0.05, 0.1) is 17.1 Å². The maximum Gasteiger partial charge on any atom is 0.241 e. The highest BCUT2D eigenvalue weighted by Gasteiger charge is 2.28. The van der Waals surface area contributed by atoms with Gasteiger partial charge in [0.15, 0.2) is 0 Å². The second-order valence-electron chi connectivity index (χ2n) is 5.34. The quantitative estimate of drug-likeness (QED) is 0.938. The Bertz CT molecular complexity index is 797. The summed E-state index contributed by atoms with van der Waals surface area (Å²) >= 11 is 0. The van der Waals surface area contributed by atoms with Gasteiger partial charge < -0.3 is 0 Å². The number of benzene rings is 1. The molecule has 1 atom stereocenters. The number of hydrogen-bond donors (Lipinski definition) is 1. The Kier molecular flexibility index (Phi) is 3.73. The van der Waals surface area contributed by atoms with E-state index in [0.717, 1.165) is 36.2 Å². The first-order chi connectivity index (χ1) is 10.4. The number of halogens is 2. The lowest BCUT2D eigenvalue weighted by Gasteiger charge is -2.23. The van der Waals surface area contributed by atoms with E-state index in [9.17, 15) is 17.2 Å². The van der Waals surface area contributed by atoms with Crippen LogP contribution in [0.25, 0.3) is 0 Å². The maximum absolute atomic E-state index is 13.2. The molecule has 0 saturated carbocycles. The monoisotopic (exact) mass is 327 g/mol. The summed E-state index contributed by atoms with van der Waals surface area (Å²) in [6, 6.07) is 1.81. The standard InChI is InChI=1S/C14H15F2N3O2S/c1-19-14-4-2-3-13(12(14)8-17-19)18-22(20,21)11-6-9(15)5-10(16)7-11/h5-8,13,18H,2-4H2,1H3. The highest BCUT2D eigenvalue weighted by atomic mass is 32.2. The van der Waals surface area contributed by atoms with Crippen molar-refractivity contribution >= 4 is 10.0 Å². The number of nitrogens with one attached hydrogen (secondary N) is 1. The summed E-state index contributed by atoms with van der Waals surface area (Å²) in [7, 11) is -2.20. The number of aromatic nitrogens is 2. The predicted octanol–water partition coefficient (Wildman–Crippen LogP) is 2.05. The summed E-state index contributed by atoms with van der Waals surface area (Å²) in [5.74, 6) is -1.85. The average molecular weight is 327 g/mol. The Hall–Kier alpha value is -1.80. The smallest absolute Gasteiger partial charge is 0.241 e.